The van der Waals surface area contributed by atoms with Crippen LogP contribution in [0.25, 0.3) is 0 Å². The zero-order chi connectivity index (χ0) is 14.6. The number of carbonyl (C=O) groups excluding carboxylic acids is 1. The van der Waals surface area contributed by atoms with Gasteiger partial charge >= 0.3 is 6.18 Å². The first-order valence-corrected chi connectivity index (χ1v) is 5.25. The lowest BCUT2D eigenvalue weighted by Gasteiger charge is -2.11. The summed E-state index contributed by atoms with van der Waals surface area (Å²) in [5.74, 6) is -2.30. The van der Waals surface area contributed by atoms with Crippen molar-refractivity contribution in [1.29, 1.82) is 0 Å². The fourth-order valence-electron chi connectivity index (χ4n) is 1.35. The maximum atomic E-state index is 13.0. The summed E-state index contributed by atoms with van der Waals surface area (Å²) in [5, 5.41) is 11.6. The van der Waals surface area contributed by atoms with Gasteiger partial charge in [-0.05, 0) is 17.7 Å². The molecule has 0 bridgehead atoms. The molecule has 0 aromatic heterocycles. The molecule has 0 spiro atoms. The van der Waals surface area contributed by atoms with Gasteiger partial charge in [0.15, 0.2) is 0 Å². The number of nitrogens with two attached hydrogens (primary N) is 1. The Morgan fingerprint density at radius 3 is 2.58 bits per heavy atom. The molecular weight excluding hydrogens is 268 g/mol. The standard InChI is InChI=1S/C11H12F4N2O2/c12-8-2-1-6(3-7(8)11(13,14)15)4-17-5-9(18)10(16)19/h1-3,9,17-18H,4-5H2,(H2,16,19). The predicted octanol–water partition coefficient (Wildman–Crippen LogP) is 0.780. The van der Waals surface area contributed by atoms with Crippen LogP contribution in [0.1, 0.15) is 11.1 Å². The van der Waals surface area contributed by atoms with Crippen LogP contribution in [0.4, 0.5) is 17.6 Å². The number of rotatable bonds is 5. The normalized spacial score (nSPS) is 13.3. The minimum Gasteiger partial charge on any atom is -0.382 e. The lowest BCUT2D eigenvalue weighted by Crippen LogP contribution is -2.37. The Bertz CT molecular complexity index is 462. The van der Waals surface area contributed by atoms with E-state index in [4.69, 9.17) is 10.8 Å². The molecule has 1 unspecified atom stereocenters. The van der Waals surface area contributed by atoms with Gasteiger partial charge in [0.05, 0.1) is 5.56 Å². The fourth-order valence-corrected chi connectivity index (χ4v) is 1.35. The second-order valence-corrected chi connectivity index (χ2v) is 3.86. The molecule has 4 N–H and O–H groups in total. The van der Waals surface area contributed by atoms with Crippen molar-refractivity contribution in [3.05, 3.63) is 35.1 Å². The van der Waals surface area contributed by atoms with Gasteiger partial charge in [0.2, 0.25) is 5.91 Å². The van der Waals surface area contributed by atoms with Crippen LogP contribution in [0.2, 0.25) is 0 Å². The SMILES string of the molecule is NC(=O)C(O)CNCc1ccc(F)c(C(F)(F)F)c1. The molecule has 19 heavy (non-hydrogen) atoms. The van der Waals surface area contributed by atoms with E-state index < -0.39 is 29.6 Å². The molecule has 0 saturated heterocycles. The Morgan fingerprint density at radius 1 is 1.42 bits per heavy atom. The number of amides is 1. The van der Waals surface area contributed by atoms with Gasteiger partial charge in [0.25, 0.3) is 0 Å². The van der Waals surface area contributed by atoms with E-state index in [0.29, 0.717) is 12.1 Å². The van der Waals surface area contributed by atoms with Crippen LogP contribution in [-0.2, 0) is 17.5 Å². The smallest absolute Gasteiger partial charge is 0.382 e. The molecule has 0 aliphatic carbocycles. The maximum absolute atomic E-state index is 13.0. The van der Waals surface area contributed by atoms with Gasteiger partial charge in [-0.15, -0.1) is 0 Å². The van der Waals surface area contributed by atoms with E-state index >= 15 is 0 Å². The lowest BCUT2D eigenvalue weighted by atomic mass is 10.1. The van der Waals surface area contributed by atoms with Crippen LogP contribution < -0.4 is 11.1 Å². The minimum atomic E-state index is -4.77. The molecule has 4 nitrogen and oxygen atoms in total. The molecule has 0 aliphatic rings. The third-order valence-corrected chi connectivity index (χ3v) is 2.33. The summed E-state index contributed by atoms with van der Waals surface area (Å²) < 4.78 is 50.3. The summed E-state index contributed by atoms with van der Waals surface area (Å²) in [6.45, 7) is -0.262. The van der Waals surface area contributed by atoms with Crippen LogP contribution in [0.15, 0.2) is 18.2 Å². The maximum Gasteiger partial charge on any atom is 0.419 e. The number of carbonyl (C=O) groups is 1. The molecule has 8 heteroatoms. The van der Waals surface area contributed by atoms with Gasteiger partial charge in [-0.2, -0.15) is 13.2 Å². The van der Waals surface area contributed by atoms with Gasteiger partial charge in [0, 0.05) is 13.1 Å². The quantitative estimate of drug-likeness (QED) is 0.698. The van der Waals surface area contributed by atoms with E-state index in [1.807, 2.05) is 0 Å². The molecule has 1 aromatic rings. The average molecular weight is 280 g/mol. The monoisotopic (exact) mass is 280 g/mol. The number of benzene rings is 1. The molecule has 1 atom stereocenters. The Hall–Kier alpha value is -1.67. The number of aliphatic hydroxyl groups is 1. The summed E-state index contributed by atoms with van der Waals surface area (Å²) in [7, 11) is 0. The highest BCUT2D eigenvalue weighted by Gasteiger charge is 2.34. The van der Waals surface area contributed by atoms with Crippen LogP contribution >= 0.6 is 0 Å². The summed E-state index contributed by atoms with van der Waals surface area (Å²) in [6.07, 6.45) is -6.20. The Morgan fingerprint density at radius 2 is 2.05 bits per heavy atom. The number of primary amides is 1. The van der Waals surface area contributed by atoms with E-state index in [2.05, 4.69) is 5.32 Å². The number of hydrogen-bond acceptors (Lipinski definition) is 3. The molecule has 0 radical (unpaired) electrons. The zero-order valence-electron chi connectivity index (χ0n) is 9.67. The first-order valence-electron chi connectivity index (χ1n) is 5.25. The second-order valence-electron chi connectivity index (χ2n) is 3.86. The number of nitrogens with one attached hydrogen (secondary N) is 1. The van der Waals surface area contributed by atoms with Crippen LogP contribution in [0.3, 0.4) is 0 Å². The Labute approximate surface area is 106 Å². The van der Waals surface area contributed by atoms with Crippen molar-refractivity contribution in [3.63, 3.8) is 0 Å². The first kappa shape index (κ1) is 15.4. The first-order chi connectivity index (χ1) is 8.71. The molecule has 1 amide bonds. The lowest BCUT2D eigenvalue weighted by molar-refractivity contribution is -0.140. The van der Waals surface area contributed by atoms with E-state index in [1.54, 1.807) is 0 Å². The predicted molar refractivity (Wildman–Crippen MR) is 58.3 cm³/mol. The topological polar surface area (TPSA) is 75.4 Å². The van der Waals surface area contributed by atoms with Gasteiger partial charge < -0.3 is 16.2 Å². The fraction of sp³-hybridized carbons (Fsp3) is 0.364. The van der Waals surface area contributed by atoms with Crippen molar-refractivity contribution >= 4 is 5.91 Å². The molecule has 1 aromatic carbocycles. The molecule has 0 fully saturated rings. The number of hydrogen-bond donors (Lipinski definition) is 3. The second kappa shape index (κ2) is 5.98. The van der Waals surface area contributed by atoms with Gasteiger partial charge in [-0.1, -0.05) is 6.07 Å². The van der Waals surface area contributed by atoms with Crippen LogP contribution in [-0.4, -0.2) is 23.7 Å². The molecule has 0 saturated carbocycles. The molecule has 0 heterocycles. The minimum absolute atomic E-state index is 0.0618. The molecular formula is C11H12F4N2O2. The molecule has 0 aliphatic heterocycles. The summed E-state index contributed by atoms with van der Waals surface area (Å²) in [5.41, 5.74) is 3.60. The summed E-state index contributed by atoms with van der Waals surface area (Å²) in [6, 6.07) is 2.55. The number of aliphatic hydroxyl groups excluding tert-OH is 1. The van der Waals surface area contributed by atoms with E-state index in [9.17, 15) is 22.4 Å². The average Bonchev–Trinajstić information content (AvgIpc) is 2.29. The number of halogens is 4. The van der Waals surface area contributed by atoms with Crippen LogP contribution in [0, 0.1) is 5.82 Å². The van der Waals surface area contributed by atoms with Gasteiger partial charge in [-0.3, -0.25) is 4.79 Å². The molecule has 106 valence electrons. The van der Waals surface area contributed by atoms with Crippen molar-refractivity contribution in [3.8, 4) is 0 Å². The summed E-state index contributed by atoms with van der Waals surface area (Å²) >= 11 is 0. The third-order valence-electron chi connectivity index (χ3n) is 2.33. The van der Waals surface area contributed by atoms with E-state index in [0.717, 1.165) is 0 Å². The Balaban J connectivity index is 2.68. The highest BCUT2D eigenvalue weighted by atomic mass is 19.4. The zero-order valence-corrected chi connectivity index (χ0v) is 9.67. The third kappa shape index (κ3) is 4.49. The van der Waals surface area contributed by atoms with Gasteiger partial charge in [-0.25, -0.2) is 4.39 Å². The highest BCUT2D eigenvalue weighted by molar-refractivity contribution is 5.78. The van der Waals surface area contributed by atoms with Gasteiger partial charge in [0.1, 0.15) is 11.9 Å². The van der Waals surface area contributed by atoms with E-state index in [-0.39, 0.29) is 18.7 Å². The largest absolute Gasteiger partial charge is 0.419 e. The highest BCUT2D eigenvalue weighted by Crippen LogP contribution is 2.31. The number of alkyl halides is 3. The van der Waals surface area contributed by atoms with Crippen molar-refractivity contribution in [2.45, 2.75) is 18.8 Å². The summed E-state index contributed by atoms with van der Waals surface area (Å²) in [4.78, 5) is 10.5. The van der Waals surface area contributed by atoms with Crippen LogP contribution in [0.5, 0.6) is 0 Å². The molecule has 1 rings (SSSR count). The van der Waals surface area contributed by atoms with Crippen molar-refractivity contribution < 1.29 is 27.5 Å². The van der Waals surface area contributed by atoms with Crippen molar-refractivity contribution in [1.82, 2.24) is 5.32 Å². The van der Waals surface area contributed by atoms with Crippen molar-refractivity contribution in [2.75, 3.05) is 6.54 Å². The Kier molecular flexibility index (Phi) is 4.84. The van der Waals surface area contributed by atoms with Crippen molar-refractivity contribution in [2.24, 2.45) is 5.73 Å². The van der Waals surface area contributed by atoms with E-state index in [1.165, 1.54) is 6.07 Å².